The quantitative estimate of drug-likeness (QED) is 0.150. The Morgan fingerprint density at radius 1 is 1.27 bits per heavy atom. The van der Waals surface area contributed by atoms with Crippen molar-refractivity contribution in [2.45, 2.75) is 76.5 Å². The minimum absolute atomic E-state index is 0.0778. The largest absolute Gasteiger partial charge is 0.461 e. The lowest BCUT2D eigenvalue weighted by Crippen LogP contribution is -2.43. The van der Waals surface area contributed by atoms with Crippen molar-refractivity contribution in [2.75, 3.05) is 50.8 Å². The van der Waals surface area contributed by atoms with Gasteiger partial charge in [0.25, 0.3) is 5.91 Å². The minimum Gasteiger partial charge on any atom is -0.461 e. The Hall–Kier alpha value is -4.39. The third kappa shape index (κ3) is 6.34. The van der Waals surface area contributed by atoms with Gasteiger partial charge in [0.05, 0.1) is 52.5 Å². The molecule has 276 valence electrons. The molecule has 2 fully saturated rings. The highest BCUT2D eigenvalue weighted by atomic mass is 35.5. The summed E-state index contributed by atoms with van der Waals surface area (Å²) >= 11 is 6.70. The number of ether oxygens (including phenoxy) is 2. The zero-order valence-corrected chi connectivity index (χ0v) is 28.9. The monoisotopic (exact) mass is 748 g/mol. The maximum atomic E-state index is 15.8. The molecule has 6 heterocycles. The van der Waals surface area contributed by atoms with Gasteiger partial charge < -0.3 is 25.0 Å². The summed E-state index contributed by atoms with van der Waals surface area (Å²) < 4.78 is 120. The molecule has 2 aromatic heterocycles. The van der Waals surface area contributed by atoms with Gasteiger partial charge in [-0.15, -0.1) is 5.92 Å². The smallest absolute Gasteiger partial charge is 0.418 e. The van der Waals surface area contributed by atoms with Crippen LogP contribution in [-0.4, -0.2) is 81.2 Å². The van der Waals surface area contributed by atoms with Crippen LogP contribution in [0.2, 0.25) is 5.02 Å². The number of hydrogen-bond acceptors (Lipinski definition) is 9. The van der Waals surface area contributed by atoms with Crippen LogP contribution in [0.4, 0.5) is 29.1 Å². The number of rotatable bonds is 6. The summed E-state index contributed by atoms with van der Waals surface area (Å²) in [5.74, 6) is 2.39. The van der Waals surface area contributed by atoms with Crippen molar-refractivity contribution >= 4 is 29.0 Å². The van der Waals surface area contributed by atoms with Gasteiger partial charge in [-0.05, 0) is 45.2 Å². The number of nitrogens with zero attached hydrogens (tertiary/aromatic N) is 7. The van der Waals surface area contributed by atoms with Gasteiger partial charge in [-0.25, -0.2) is 4.39 Å². The molecule has 3 aromatic rings. The van der Waals surface area contributed by atoms with E-state index in [0.29, 0.717) is 24.9 Å². The highest BCUT2D eigenvalue weighted by molar-refractivity contribution is 6.34. The summed E-state index contributed by atoms with van der Waals surface area (Å²) in [5, 5.41) is 3.97. The van der Waals surface area contributed by atoms with Crippen molar-refractivity contribution in [3.05, 3.63) is 68.4 Å². The van der Waals surface area contributed by atoms with Crippen molar-refractivity contribution in [3.63, 3.8) is 0 Å². The first-order valence-corrected chi connectivity index (χ1v) is 17.0. The Bertz CT molecular complexity index is 2230. The number of anilines is 2. The fraction of sp³-hybridized carbons (Fsp3) is 0.500. The van der Waals surface area contributed by atoms with E-state index in [4.69, 9.17) is 40.0 Å². The number of carbonyl (C=O) groups is 1. The van der Waals surface area contributed by atoms with E-state index in [1.807, 2.05) is 0 Å². The molecule has 1 amide bonds. The molecule has 0 aliphatic carbocycles. The molecule has 1 aromatic carbocycles. The van der Waals surface area contributed by atoms with Gasteiger partial charge in [0.2, 0.25) is 0 Å². The van der Waals surface area contributed by atoms with Crippen molar-refractivity contribution in [3.8, 4) is 17.9 Å². The maximum Gasteiger partial charge on any atom is 0.418 e. The lowest BCUT2D eigenvalue weighted by Gasteiger charge is -2.33. The van der Waals surface area contributed by atoms with E-state index in [9.17, 15) is 18.0 Å². The first-order chi connectivity index (χ1) is 27.1. The molecule has 0 radical (unpaired) electrons. The molecule has 2 N–H and O–H groups in total. The Kier molecular flexibility index (Phi) is 7.58. The van der Waals surface area contributed by atoms with Gasteiger partial charge in [0, 0.05) is 64.9 Å². The van der Waals surface area contributed by atoms with Crippen LogP contribution in [0, 0.1) is 17.7 Å². The third-order valence-electron chi connectivity index (χ3n) is 10.1. The number of nitrogens with two attached hydrogens (primary N) is 1. The summed E-state index contributed by atoms with van der Waals surface area (Å²) in [6.07, 6.45) is -3.96. The molecule has 2 atom stereocenters. The number of carbonyl (C=O) groups excluding carboxylic acids is 1. The zero-order chi connectivity index (χ0) is 42.1. The summed E-state index contributed by atoms with van der Waals surface area (Å²) in [6.45, 7) is 0.683. The second kappa shape index (κ2) is 13.5. The predicted molar refractivity (Wildman–Crippen MR) is 185 cm³/mol. The lowest BCUT2D eigenvalue weighted by molar-refractivity contribution is -0.140. The molecule has 0 saturated carbocycles. The zero-order valence-electron chi connectivity index (χ0n) is 34.2. The van der Waals surface area contributed by atoms with Crippen molar-refractivity contribution in [1.82, 2.24) is 29.5 Å². The Morgan fingerprint density at radius 2 is 2.08 bits per heavy atom. The van der Waals surface area contributed by atoms with E-state index in [1.54, 1.807) is 4.90 Å². The number of alkyl halides is 3. The van der Waals surface area contributed by atoms with E-state index in [1.165, 1.54) is 11.6 Å². The topological polar surface area (TPSA) is 115 Å². The normalized spacial score (nSPS) is 23.8. The van der Waals surface area contributed by atoms with Gasteiger partial charge >= 0.3 is 12.2 Å². The minimum atomic E-state index is -5.02. The molecule has 2 saturated heterocycles. The molecular weight excluding hydrogens is 704 g/mol. The van der Waals surface area contributed by atoms with Gasteiger partial charge in [0.15, 0.2) is 11.5 Å². The second-order valence-corrected chi connectivity index (χ2v) is 13.8. The van der Waals surface area contributed by atoms with Crippen LogP contribution in [0.1, 0.15) is 91.1 Å². The average Bonchev–Trinajstić information content (AvgIpc) is 3.68. The number of halogens is 5. The maximum absolute atomic E-state index is 15.8. The SMILES string of the molecule is [2H]C([2H])([2H])N(C(=O)c1nn2c(c1Cl)CN(c1nc(OCC34CCCN3CC(=C)C4)nc3c1COC(c1c(F)c(N)cc(C#CC)c1C(F)(F)F)C3)CCC2)C([2H])([2H])[2H]. The summed E-state index contributed by atoms with van der Waals surface area (Å²) in [7, 11) is 0. The van der Waals surface area contributed by atoms with Gasteiger partial charge in [-0.1, -0.05) is 29.7 Å². The van der Waals surface area contributed by atoms with E-state index in [2.05, 4.69) is 33.4 Å². The molecule has 2 unspecified atom stereocenters. The Morgan fingerprint density at radius 3 is 2.83 bits per heavy atom. The molecule has 4 aliphatic rings. The molecule has 4 aliphatic heterocycles. The van der Waals surface area contributed by atoms with E-state index in [0.717, 1.165) is 37.6 Å². The molecule has 16 heteroatoms. The first kappa shape index (κ1) is 29.1. The second-order valence-electron chi connectivity index (χ2n) is 13.5. The number of hydrogen-bond donors (Lipinski definition) is 1. The predicted octanol–water partition coefficient (Wildman–Crippen LogP) is 5.54. The summed E-state index contributed by atoms with van der Waals surface area (Å²) in [5.41, 5.74) is 3.76. The van der Waals surface area contributed by atoms with E-state index < -0.39 is 66.0 Å². The number of aryl methyl sites for hydroxylation is 1. The number of nitrogen functional groups attached to an aromatic ring is 1. The third-order valence-corrected chi connectivity index (χ3v) is 10.5. The fourth-order valence-corrected chi connectivity index (χ4v) is 8.11. The molecular formula is C36H39ClF4N8O3. The highest BCUT2D eigenvalue weighted by Crippen LogP contribution is 2.45. The molecule has 0 bridgehead atoms. The van der Waals surface area contributed by atoms with Crippen LogP contribution >= 0.6 is 11.6 Å². The Labute approximate surface area is 312 Å². The molecule has 7 rings (SSSR count). The average molecular weight is 749 g/mol. The van der Waals surface area contributed by atoms with Crippen molar-refractivity contribution in [1.29, 1.82) is 0 Å². The highest BCUT2D eigenvalue weighted by Gasteiger charge is 2.47. The van der Waals surface area contributed by atoms with Crippen LogP contribution in [0.3, 0.4) is 0 Å². The lowest BCUT2D eigenvalue weighted by atomic mass is 9.91. The van der Waals surface area contributed by atoms with Crippen LogP contribution in [0.25, 0.3) is 0 Å². The molecule has 0 spiro atoms. The van der Waals surface area contributed by atoms with Gasteiger partial charge in [-0.2, -0.15) is 28.2 Å². The Balaban J connectivity index is 1.29. The molecule has 52 heavy (non-hydrogen) atoms. The van der Waals surface area contributed by atoms with Crippen LogP contribution in [0.5, 0.6) is 6.01 Å². The number of fused-ring (bicyclic) bond motifs is 3. The van der Waals surface area contributed by atoms with Crippen molar-refractivity contribution in [2.24, 2.45) is 0 Å². The van der Waals surface area contributed by atoms with E-state index in [-0.39, 0.29) is 71.4 Å². The van der Waals surface area contributed by atoms with E-state index >= 15 is 4.39 Å². The van der Waals surface area contributed by atoms with Crippen LogP contribution in [-0.2, 0) is 37.0 Å². The fourth-order valence-electron chi connectivity index (χ4n) is 7.84. The molecule has 11 nitrogen and oxygen atoms in total. The van der Waals surface area contributed by atoms with Gasteiger partial charge in [0.1, 0.15) is 12.4 Å². The van der Waals surface area contributed by atoms with Crippen LogP contribution in [0.15, 0.2) is 18.2 Å². The van der Waals surface area contributed by atoms with Gasteiger partial charge in [-0.3, -0.25) is 14.4 Å². The number of amides is 1. The standard InChI is InChI=1S/C36H39ClF4N8O3/c1-5-8-21-13-23(42)30(38)27(28(21)36(39,40)41)26-14-24-22(18-51-26)32(44-34(43-24)52-19-35-9-6-11-48(35)16-20(2)15-35)47-10-7-12-49-25(17-47)29(37)31(45-49)33(50)46(3)4/h13,26H,2,6-7,9-12,14-19,42H2,1,3-4H3/i3D3,4D3. The summed E-state index contributed by atoms with van der Waals surface area (Å²) in [4.78, 5) is 26.7. The number of benzene rings is 1. The van der Waals surface area contributed by atoms with Crippen molar-refractivity contribution < 1.29 is 40.1 Å². The number of aromatic nitrogens is 4. The van der Waals surface area contributed by atoms with Crippen LogP contribution < -0.4 is 15.4 Å². The first-order valence-electron chi connectivity index (χ1n) is 19.7. The summed E-state index contributed by atoms with van der Waals surface area (Å²) in [6, 6.07) is 0.767.